The van der Waals surface area contributed by atoms with Gasteiger partial charge in [-0.05, 0) is 28.7 Å². The summed E-state index contributed by atoms with van der Waals surface area (Å²) >= 11 is 0. The van der Waals surface area contributed by atoms with Gasteiger partial charge in [-0.15, -0.1) is 0 Å². The van der Waals surface area contributed by atoms with Gasteiger partial charge in [0.05, 0.1) is 6.54 Å². The van der Waals surface area contributed by atoms with Crippen LogP contribution in [0.5, 0.6) is 0 Å². The first kappa shape index (κ1) is 20.6. The molecule has 156 valence electrons. The van der Waals surface area contributed by atoms with Crippen molar-refractivity contribution in [1.29, 1.82) is 5.26 Å². The van der Waals surface area contributed by atoms with Crippen LogP contribution in [0.4, 0.5) is 0 Å². The van der Waals surface area contributed by atoms with Crippen molar-refractivity contribution in [2.75, 3.05) is 13.1 Å². The van der Waals surface area contributed by atoms with Gasteiger partial charge in [-0.3, -0.25) is 14.5 Å². The number of aromatic nitrogens is 1. The molecule has 0 radical (unpaired) electrons. The third-order valence-electron chi connectivity index (χ3n) is 5.62. The number of fused-ring (bicyclic) bond motifs is 1. The van der Waals surface area contributed by atoms with Gasteiger partial charge >= 0.3 is 0 Å². The Bertz CT molecular complexity index is 1160. The quantitative estimate of drug-likeness (QED) is 0.651. The van der Waals surface area contributed by atoms with Crippen LogP contribution in [-0.2, 0) is 30.7 Å². The number of hydrogen-bond acceptors (Lipinski definition) is 4. The van der Waals surface area contributed by atoms with E-state index in [0.717, 1.165) is 27.9 Å². The van der Waals surface area contributed by atoms with Crippen LogP contribution in [-0.4, -0.2) is 28.9 Å². The van der Waals surface area contributed by atoms with Crippen LogP contribution in [0.3, 0.4) is 0 Å². The fourth-order valence-corrected chi connectivity index (χ4v) is 4.04. The van der Waals surface area contributed by atoms with Crippen LogP contribution in [0, 0.1) is 11.3 Å². The van der Waals surface area contributed by atoms with Gasteiger partial charge in [-0.25, -0.2) is 0 Å². The molecule has 0 bridgehead atoms. The Labute approximate surface area is 181 Å². The number of nitriles is 1. The molecule has 0 fully saturated rings. The Kier molecular flexibility index (Phi) is 6.25. The average molecular weight is 412 g/mol. The molecular formula is C25H24N4O2. The fraction of sp³-hybridized carbons (Fsp3) is 0.240. The summed E-state index contributed by atoms with van der Waals surface area (Å²) in [6, 6.07) is 21.8. The van der Waals surface area contributed by atoms with Gasteiger partial charge < -0.3 is 10.3 Å². The Morgan fingerprint density at radius 3 is 2.39 bits per heavy atom. The van der Waals surface area contributed by atoms with Crippen LogP contribution < -0.4 is 10.9 Å². The van der Waals surface area contributed by atoms with Gasteiger partial charge in [0.15, 0.2) is 0 Å². The summed E-state index contributed by atoms with van der Waals surface area (Å²) in [5.74, 6) is -0.0400. The second-order valence-corrected chi connectivity index (χ2v) is 7.76. The van der Waals surface area contributed by atoms with E-state index in [4.69, 9.17) is 0 Å². The summed E-state index contributed by atoms with van der Waals surface area (Å²) in [6.45, 7) is 1.93. The smallest absolute Gasteiger partial charge is 0.266 e. The summed E-state index contributed by atoms with van der Waals surface area (Å²) in [5, 5.41) is 12.5. The molecule has 6 nitrogen and oxygen atoms in total. The number of carbonyl (C=O) groups excluding carboxylic acids is 1. The summed E-state index contributed by atoms with van der Waals surface area (Å²) in [7, 11) is 0. The SMILES string of the molecule is N#Cc1c2c(c(Cc3ccccc3)[nH]c1=O)CN(CC(=O)NCc1ccccc1)CC2. The van der Waals surface area contributed by atoms with Crippen LogP contribution >= 0.6 is 0 Å². The molecule has 0 aliphatic carbocycles. The minimum Gasteiger partial charge on any atom is -0.351 e. The molecule has 31 heavy (non-hydrogen) atoms. The van der Waals surface area contributed by atoms with Crippen molar-refractivity contribution >= 4 is 5.91 Å². The maximum absolute atomic E-state index is 12.5. The Balaban J connectivity index is 1.51. The number of aromatic amines is 1. The van der Waals surface area contributed by atoms with Gasteiger partial charge in [-0.2, -0.15) is 5.26 Å². The zero-order chi connectivity index (χ0) is 21.6. The van der Waals surface area contributed by atoms with E-state index in [1.807, 2.05) is 60.7 Å². The Morgan fingerprint density at radius 1 is 1.03 bits per heavy atom. The van der Waals surface area contributed by atoms with Gasteiger partial charge in [0.25, 0.3) is 5.56 Å². The number of pyridine rings is 1. The largest absolute Gasteiger partial charge is 0.351 e. The monoisotopic (exact) mass is 412 g/mol. The molecule has 4 rings (SSSR count). The van der Waals surface area contributed by atoms with Crippen molar-refractivity contribution in [3.05, 3.63) is 105 Å². The number of hydrogen-bond donors (Lipinski definition) is 2. The van der Waals surface area contributed by atoms with Crippen molar-refractivity contribution < 1.29 is 4.79 Å². The molecule has 0 spiro atoms. The number of amides is 1. The maximum atomic E-state index is 12.5. The first-order chi connectivity index (χ1) is 15.1. The Morgan fingerprint density at radius 2 is 1.71 bits per heavy atom. The number of benzene rings is 2. The first-order valence-electron chi connectivity index (χ1n) is 10.4. The second kappa shape index (κ2) is 9.41. The maximum Gasteiger partial charge on any atom is 0.266 e. The van der Waals surface area contributed by atoms with E-state index in [2.05, 4.69) is 21.3 Å². The molecule has 0 saturated heterocycles. The molecule has 2 heterocycles. The van der Waals surface area contributed by atoms with Crippen LogP contribution in [0.1, 0.15) is 33.5 Å². The van der Waals surface area contributed by atoms with Crippen LogP contribution in [0.15, 0.2) is 65.5 Å². The minimum atomic E-state index is -0.332. The summed E-state index contributed by atoms with van der Waals surface area (Å²) in [6.07, 6.45) is 1.16. The van der Waals surface area contributed by atoms with E-state index in [1.54, 1.807) is 0 Å². The van der Waals surface area contributed by atoms with Crippen molar-refractivity contribution in [3.8, 4) is 6.07 Å². The molecule has 2 aromatic carbocycles. The lowest BCUT2D eigenvalue weighted by atomic mass is 9.92. The molecule has 0 atom stereocenters. The first-order valence-corrected chi connectivity index (χ1v) is 10.4. The van der Waals surface area contributed by atoms with Crippen molar-refractivity contribution in [2.45, 2.75) is 25.9 Å². The normalized spacial score (nSPS) is 13.3. The summed E-state index contributed by atoms with van der Waals surface area (Å²) < 4.78 is 0. The lowest BCUT2D eigenvalue weighted by Crippen LogP contribution is -2.41. The predicted octanol–water partition coefficient (Wildman–Crippen LogP) is 2.51. The van der Waals surface area contributed by atoms with E-state index < -0.39 is 0 Å². The predicted molar refractivity (Wildman–Crippen MR) is 118 cm³/mol. The molecule has 1 amide bonds. The average Bonchev–Trinajstić information content (AvgIpc) is 2.79. The molecule has 3 aromatic rings. The molecule has 2 N–H and O–H groups in total. The highest BCUT2D eigenvalue weighted by Gasteiger charge is 2.25. The zero-order valence-electron chi connectivity index (χ0n) is 17.2. The Hall–Kier alpha value is -3.69. The van der Waals surface area contributed by atoms with E-state index in [-0.39, 0.29) is 23.6 Å². The van der Waals surface area contributed by atoms with E-state index in [9.17, 15) is 14.9 Å². The molecule has 6 heteroatoms. The summed E-state index contributed by atoms with van der Waals surface area (Å²) in [4.78, 5) is 29.9. The number of H-pyrrole nitrogens is 1. The van der Waals surface area contributed by atoms with Gasteiger partial charge in [0.2, 0.25) is 5.91 Å². The lowest BCUT2D eigenvalue weighted by molar-refractivity contribution is -0.122. The molecular weight excluding hydrogens is 388 g/mol. The highest BCUT2D eigenvalue weighted by atomic mass is 16.2. The van der Waals surface area contributed by atoms with E-state index in [1.165, 1.54) is 0 Å². The van der Waals surface area contributed by atoms with Crippen molar-refractivity contribution in [3.63, 3.8) is 0 Å². The fourth-order valence-electron chi connectivity index (χ4n) is 4.04. The van der Waals surface area contributed by atoms with Gasteiger partial charge in [0, 0.05) is 31.7 Å². The topological polar surface area (TPSA) is 89.0 Å². The minimum absolute atomic E-state index is 0.0400. The highest BCUT2D eigenvalue weighted by molar-refractivity contribution is 5.78. The third-order valence-corrected chi connectivity index (χ3v) is 5.62. The number of rotatable bonds is 6. The lowest BCUT2D eigenvalue weighted by Gasteiger charge is -2.30. The standard InChI is InChI=1S/C25H24N4O2/c26-14-21-20-11-12-29(17-24(30)27-15-19-9-5-2-6-10-19)16-22(20)23(28-25(21)31)13-18-7-3-1-4-8-18/h1-10H,11-13,15-17H2,(H,27,30)(H,28,31). The van der Waals surface area contributed by atoms with Crippen LogP contribution in [0.25, 0.3) is 0 Å². The second-order valence-electron chi connectivity index (χ2n) is 7.76. The molecule has 1 aliphatic rings. The molecule has 1 aromatic heterocycles. The molecule has 0 unspecified atom stereocenters. The van der Waals surface area contributed by atoms with Gasteiger partial charge in [-0.1, -0.05) is 60.7 Å². The van der Waals surface area contributed by atoms with Crippen molar-refractivity contribution in [1.82, 2.24) is 15.2 Å². The molecule has 0 saturated carbocycles. The third kappa shape index (κ3) is 4.90. The highest BCUT2D eigenvalue weighted by Crippen LogP contribution is 2.24. The van der Waals surface area contributed by atoms with Crippen molar-refractivity contribution in [2.24, 2.45) is 0 Å². The van der Waals surface area contributed by atoms with E-state index in [0.29, 0.717) is 32.5 Å². The zero-order valence-corrected chi connectivity index (χ0v) is 17.2. The number of carbonyl (C=O) groups is 1. The van der Waals surface area contributed by atoms with Gasteiger partial charge in [0.1, 0.15) is 11.6 Å². The van der Waals surface area contributed by atoms with E-state index >= 15 is 0 Å². The number of nitrogens with one attached hydrogen (secondary N) is 2. The number of nitrogens with zero attached hydrogens (tertiary/aromatic N) is 2. The molecule has 1 aliphatic heterocycles. The van der Waals surface area contributed by atoms with Crippen LogP contribution in [0.2, 0.25) is 0 Å². The summed E-state index contributed by atoms with van der Waals surface area (Å²) in [5.41, 5.74) is 4.60.